The molecule has 3 nitrogen and oxygen atoms in total. The normalized spacial score (nSPS) is 14.6. The first-order valence-electron chi connectivity index (χ1n) is 4.06. The number of hydrogen-bond acceptors (Lipinski definition) is 3. The van der Waals surface area contributed by atoms with Crippen LogP contribution in [0.1, 0.15) is 19.8 Å². The Morgan fingerprint density at radius 3 is 2.42 bits per heavy atom. The predicted molar refractivity (Wildman–Crippen MR) is 47.5 cm³/mol. The van der Waals surface area contributed by atoms with E-state index in [4.69, 9.17) is 5.73 Å². The molecular weight excluding hydrogens is 181 g/mol. The molecule has 74 valence electrons. The average Bonchev–Trinajstić information content (AvgIpc) is 2.02. The van der Waals surface area contributed by atoms with Crippen molar-refractivity contribution in [2.75, 3.05) is 18.1 Å². The van der Waals surface area contributed by atoms with Gasteiger partial charge in [0.05, 0.1) is 5.75 Å². The maximum absolute atomic E-state index is 12.7. The fourth-order valence-corrected chi connectivity index (χ4v) is 1.68. The minimum absolute atomic E-state index is 0.0648. The number of sulfone groups is 1. The minimum Gasteiger partial charge on any atom is -0.330 e. The number of hydrogen-bond donors (Lipinski definition) is 1. The predicted octanol–water partition coefficient (Wildman–Crippen LogP) is 0.498. The van der Waals surface area contributed by atoms with Crippen molar-refractivity contribution < 1.29 is 12.8 Å². The molecule has 0 spiro atoms. The number of rotatable bonds is 6. The zero-order chi connectivity index (χ0) is 9.61. The lowest BCUT2D eigenvalue weighted by molar-refractivity contribution is 0.310. The summed E-state index contributed by atoms with van der Waals surface area (Å²) in [5.41, 5.74) is 5.11. The largest absolute Gasteiger partial charge is 0.330 e. The molecule has 1 unspecified atom stereocenters. The van der Waals surface area contributed by atoms with Gasteiger partial charge in [-0.2, -0.15) is 0 Å². The molecule has 0 amide bonds. The molecule has 1 atom stereocenters. The second-order valence-corrected chi connectivity index (χ2v) is 5.17. The summed E-state index contributed by atoms with van der Waals surface area (Å²) in [5.74, 6) is 0.0208. The van der Waals surface area contributed by atoms with Crippen LogP contribution in [0, 0.1) is 0 Å². The van der Waals surface area contributed by atoms with Crippen LogP contribution in [-0.4, -0.2) is 32.6 Å². The molecule has 5 heteroatoms. The van der Waals surface area contributed by atoms with Gasteiger partial charge in [-0.3, -0.25) is 0 Å². The molecule has 0 radical (unpaired) electrons. The second-order valence-electron chi connectivity index (χ2n) is 2.70. The summed E-state index contributed by atoms with van der Waals surface area (Å²) in [7, 11) is -3.01. The van der Waals surface area contributed by atoms with Crippen molar-refractivity contribution in [1.29, 1.82) is 0 Å². The summed E-state index contributed by atoms with van der Waals surface area (Å²) in [4.78, 5) is 0. The van der Waals surface area contributed by atoms with Crippen molar-refractivity contribution >= 4 is 9.84 Å². The molecule has 0 saturated carbocycles. The first kappa shape index (κ1) is 11.8. The maximum Gasteiger partial charge on any atom is 0.150 e. The number of alkyl halides is 1. The molecule has 0 aliphatic heterocycles. The topological polar surface area (TPSA) is 60.2 Å². The zero-order valence-electron chi connectivity index (χ0n) is 7.29. The standard InChI is InChI=1S/C7H16FNO2S/c1-2-12(10,11)6-4-7(8)3-5-9/h7H,2-6,9H2,1H3. The van der Waals surface area contributed by atoms with Gasteiger partial charge in [-0.05, 0) is 19.4 Å². The average molecular weight is 197 g/mol. The Morgan fingerprint density at radius 2 is 2.00 bits per heavy atom. The fraction of sp³-hybridized carbons (Fsp3) is 1.00. The van der Waals surface area contributed by atoms with Crippen LogP contribution in [0.3, 0.4) is 0 Å². The van der Waals surface area contributed by atoms with Crippen molar-refractivity contribution in [1.82, 2.24) is 0 Å². The molecule has 0 rings (SSSR count). The Morgan fingerprint density at radius 1 is 1.42 bits per heavy atom. The third-order valence-electron chi connectivity index (χ3n) is 1.66. The molecule has 0 bridgehead atoms. The highest BCUT2D eigenvalue weighted by molar-refractivity contribution is 7.91. The van der Waals surface area contributed by atoms with Crippen molar-refractivity contribution in [3.05, 3.63) is 0 Å². The Bertz CT molecular complexity index is 203. The van der Waals surface area contributed by atoms with E-state index in [0.29, 0.717) is 0 Å². The highest BCUT2D eigenvalue weighted by Gasteiger charge is 2.12. The van der Waals surface area contributed by atoms with E-state index >= 15 is 0 Å². The van der Waals surface area contributed by atoms with E-state index in [0.717, 1.165) is 0 Å². The molecule has 0 saturated heterocycles. The molecule has 12 heavy (non-hydrogen) atoms. The SMILES string of the molecule is CCS(=O)(=O)CCC(F)CCN. The van der Waals surface area contributed by atoms with E-state index in [1.807, 2.05) is 0 Å². The third-order valence-corrected chi connectivity index (χ3v) is 3.40. The van der Waals surface area contributed by atoms with Crippen LogP contribution in [0.25, 0.3) is 0 Å². The molecule has 0 fully saturated rings. The smallest absolute Gasteiger partial charge is 0.150 e. The summed E-state index contributed by atoms with van der Waals surface area (Å²) < 4.78 is 34.5. The Kier molecular flexibility index (Phi) is 5.41. The summed E-state index contributed by atoms with van der Waals surface area (Å²) in [6.07, 6.45) is -0.747. The van der Waals surface area contributed by atoms with Crippen LogP contribution in [0.15, 0.2) is 0 Å². The van der Waals surface area contributed by atoms with Gasteiger partial charge < -0.3 is 5.73 Å². The lowest BCUT2D eigenvalue weighted by atomic mass is 10.2. The van der Waals surface area contributed by atoms with E-state index in [9.17, 15) is 12.8 Å². The monoisotopic (exact) mass is 197 g/mol. The molecule has 0 aromatic rings. The highest BCUT2D eigenvalue weighted by atomic mass is 32.2. The minimum atomic E-state index is -3.01. The van der Waals surface area contributed by atoms with Crippen LogP contribution in [0.4, 0.5) is 4.39 Å². The molecular formula is C7H16FNO2S. The molecule has 2 N–H and O–H groups in total. The maximum atomic E-state index is 12.7. The molecule has 0 aliphatic carbocycles. The van der Waals surface area contributed by atoms with Gasteiger partial charge in [0.15, 0.2) is 0 Å². The lowest BCUT2D eigenvalue weighted by Crippen LogP contribution is -2.16. The quantitative estimate of drug-likeness (QED) is 0.674. The van der Waals surface area contributed by atoms with Gasteiger partial charge in [-0.15, -0.1) is 0 Å². The van der Waals surface area contributed by atoms with Gasteiger partial charge in [0.2, 0.25) is 0 Å². The highest BCUT2D eigenvalue weighted by Crippen LogP contribution is 2.05. The van der Waals surface area contributed by atoms with E-state index in [1.165, 1.54) is 0 Å². The Hall–Kier alpha value is -0.160. The van der Waals surface area contributed by atoms with Crippen LogP contribution in [0.2, 0.25) is 0 Å². The van der Waals surface area contributed by atoms with Gasteiger partial charge in [0.1, 0.15) is 16.0 Å². The van der Waals surface area contributed by atoms with Gasteiger partial charge in [-0.1, -0.05) is 6.92 Å². The first-order valence-corrected chi connectivity index (χ1v) is 5.88. The number of halogens is 1. The summed E-state index contributed by atoms with van der Waals surface area (Å²) in [6, 6.07) is 0. The Balaban J connectivity index is 3.68. The van der Waals surface area contributed by atoms with Crippen LogP contribution in [-0.2, 0) is 9.84 Å². The summed E-state index contributed by atoms with van der Waals surface area (Å²) >= 11 is 0. The fourth-order valence-electron chi connectivity index (χ4n) is 0.777. The van der Waals surface area contributed by atoms with Crippen molar-refractivity contribution in [3.63, 3.8) is 0 Å². The molecule has 0 aromatic heterocycles. The van der Waals surface area contributed by atoms with Crippen molar-refractivity contribution in [3.8, 4) is 0 Å². The van der Waals surface area contributed by atoms with Crippen molar-refractivity contribution in [2.24, 2.45) is 5.73 Å². The van der Waals surface area contributed by atoms with Gasteiger partial charge in [0, 0.05) is 5.75 Å². The molecule has 0 heterocycles. The van der Waals surface area contributed by atoms with E-state index in [1.54, 1.807) is 6.92 Å². The number of nitrogens with two attached hydrogens (primary N) is 1. The van der Waals surface area contributed by atoms with Crippen LogP contribution < -0.4 is 5.73 Å². The molecule has 0 aromatic carbocycles. The summed E-state index contributed by atoms with van der Waals surface area (Å²) in [5, 5.41) is 0. The summed E-state index contributed by atoms with van der Waals surface area (Å²) in [6.45, 7) is 1.83. The van der Waals surface area contributed by atoms with Gasteiger partial charge in [-0.25, -0.2) is 12.8 Å². The second kappa shape index (κ2) is 5.48. The molecule has 0 aliphatic rings. The van der Waals surface area contributed by atoms with Crippen LogP contribution in [0.5, 0.6) is 0 Å². The van der Waals surface area contributed by atoms with Gasteiger partial charge >= 0.3 is 0 Å². The van der Waals surface area contributed by atoms with E-state index in [-0.39, 0.29) is 30.9 Å². The zero-order valence-corrected chi connectivity index (χ0v) is 8.11. The Labute approximate surface area is 73.1 Å². The first-order chi connectivity index (χ1) is 5.52. The lowest BCUT2D eigenvalue weighted by Gasteiger charge is -2.05. The van der Waals surface area contributed by atoms with E-state index in [2.05, 4.69) is 0 Å². The van der Waals surface area contributed by atoms with E-state index < -0.39 is 16.0 Å². The van der Waals surface area contributed by atoms with Gasteiger partial charge in [0.25, 0.3) is 0 Å². The van der Waals surface area contributed by atoms with Crippen molar-refractivity contribution in [2.45, 2.75) is 25.9 Å². The third kappa shape index (κ3) is 5.49. The van der Waals surface area contributed by atoms with Crippen LogP contribution >= 0.6 is 0 Å².